The molecule has 28 heavy (non-hydrogen) atoms. The zero-order valence-corrected chi connectivity index (χ0v) is 15.8. The van der Waals surface area contributed by atoms with E-state index in [2.05, 4.69) is 16.4 Å². The minimum Gasteiger partial charge on any atom is -0.457 e. The van der Waals surface area contributed by atoms with Crippen LogP contribution in [0.5, 0.6) is 0 Å². The highest BCUT2D eigenvalue weighted by molar-refractivity contribution is 7.21. The van der Waals surface area contributed by atoms with Gasteiger partial charge in [0.15, 0.2) is 10.8 Å². The minimum atomic E-state index is -0.0395. The molecule has 2 aromatic heterocycles. The van der Waals surface area contributed by atoms with Crippen LogP contribution in [0.3, 0.4) is 0 Å². The Hall–Kier alpha value is -3.43. The summed E-state index contributed by atoms with van der Waals surface area (Å²) in [6.07, 6.45) is 1.02. The molecule has 1 amide bonds. The van der Waals surface area contributed by atoms with Gasteiger partial charge < -0.3 is 9.73 Å². The smallest absolute Gasteiger partial charge is 0.220 e. The monoisotopic (exact) mass is 387 g/mol. The van der Waals surface area contributed by atoms with Gasteiger partial charge in [0.05, 0.1) is 28.4 Å². The van der Waals surface area contributed by atoms with E-state index >= 15 is 0 Å². The first kappa shape index (κ1) is 18.0. The largest absolute Gasteiger partial charge is 0.457 e. The SMILES string of the molecule is N#Cc1ccc(CCC(=O)NCc2ccc(-c3nc4ccccc4s3)o2)cc1. The number of hydrogen-bond acceptors (Lipinski definition) is 5. The van der Waals surface area contributed by atoms with Crippen molar-refractivity contribution in [3.05, 3.63) is 77.6 Å². The van der Waals surface area contributed by atoms with Crippen molar-refractivity contribution >= 4 is 27.5 Å². The van der Waals surface area contributed by atoms with Crippen LogP contribution in [0.25, 0.3) is 21.0 Å². The lowest BCUT2D eigenvalue weighted by atomic mass is 10.1. The molecule has 2 aromatic carbocycles. The molecule has 0 atom stereocenters. The number of benzene rings is 2. The predicted octanol–water partition coefficient (Wildman–Crippen LogP) is 4.68. The average Bonchev–Trinajstić information content (AvgIpc) is 3.37. The van der Waals surface area contributed by atoms with Crippen molar-refractivity contribution in [2.45, 2.75) is 19.4 Å². The van der Waals surface area contributed by atoms with E-state index in [0.29, 0.717) is 36.5 Å². The van der Waals surface area contributed by atoms with Gasteiger partial charge in [0.2, 0.25) is 5.91 Å². The number of nitrogens with zero attached hydrogens (tertiary/aromatic N) is 2. The van der Waals surface area contributed by atoms with Crippen LogP contribution in [0.15, 0.2) is 65.1 Å². The van der Waals surface area contributed by atoms with Gasteiger partial charge >= 0.3 is 0 Å². The summed E-state index contributed by atoms with van der Waals surface area (Å²) < 4.78 is 6.96. The summed E-state index contributed by atoms with van der Waals surface area (Å²) in [6, 6.07) is 21.1. The van der Waals surface area contributed by atoms with Crippen LogP contribution in [0.2, 0.25) is 0 Å². The quantitative estimate of drug-likeness (QED) is 0.521. The third kappa shape index (κ3) is 4.11. The third-order valence-corrected chi connectivity index (χ3v) is 5.40. The Morgan fingerprint density at radius 3 is 2.71 bits per heavy atom. The summed E-state index contributed by atoms with van der Waals surface area (Å²) in [5, 5.41) is 12.5. The number of nitrogens with one attached hydrogen (secondary N) is 1. The van der Waals surface area contributed by atoms with Crippen LogP contribution in [-0.4, -0.2) is 10.9 Å². The number of amides is 1. The minimum absolute atomic E-state index is 0.0395. The van der Waals surface area contributed by atoms with Crippen molar-refractivity contribution in [2.24, 2.45) is 0 Å². The average molecular weight is 387 g/mol. The number of nitriles is 1. The maximum absolute atomic E-state index is 12.1. The van der Waals surface area contributed by atoms with E-state index in [9.17, 15) is 4.79 Å². The molecule has 0 aliphatic heterocycles. The van der Waals surface area contributed by atoms with Crippen LogP contribution in [0, 0.1) is 11.3 Å². The Bertz CT molecular complexity index is 1120. The van der Waals surface area contributed by atoms with E-state index in [1.54, 1.807) is 23.5 Å². The first-order valence-electron chi connectivity index (χ1n) is 8.92. The summed E-state index contributed by atoms with van der Waals surface area (Å²) in [7, 11) is 0. The number of carbonyl (C=O) groups is 1. The van der Waals surface area contributed by atoms with Gasteiger partial charge in [-0.25, -0.2) is 4.98 Å². The molecule has 138 valence electrons. The fraction of sp³-hybridized carbons (Fsp3) is 0.136. The maximum Gasteiger partial charge on any atom is 0.220 e. The van der Waals surface area contributed by atoms with E-state index < -0.39 is 0 Å². The molecule has 0 fully saturated rings. The number of furan rings is 1. The highest BCUT2D eigenvalue weighted by atomic mass is 32.1. The standard InChI is InChI=1S/C22H17N3O2S/c23-13-16-7-5-15(6-8-16)9-12-21(26)24-14-17-10-11-19(27-17)22-25-18-3-1-2-4-20(18)28-22/h1-8,10-11H,9,12,14H2,(H,24,26). The predicted molar refractivity (Wildman–Crippen MR) is 109 cm³/mol. The fourth-order valence-corrected chi connectivity index (χ4v) is 3.77. The molecule has 5 nitrogen and oxygen atoms in total. The second kappa shape index (κ2) is 8.07. The zero-order valence-electron chi connectivity index (χ0n) is 15.0. The summed E-state index contributed by atoms with van der Waals surface area (Å²) in [5.41, 5.74) is 2.61. The second-order valence-electron chi connectivity index (χ2n) is 6.34. The molecular weight excluding hydrogens is 370 g/mol. The molecular formula is C22H17N3O2S. The van der Waals surface area contributed by atoms with Crippen molar-refractivity contribution in [1.82, 2.24) is 10.3 Å². The molecule has 0 spiro atoms. The number of rotatable bonds is 6. The van der Waals surface area contributed by atoms with E-state index in [4.69, 9.17) is 9.68 Å². The van der Waals surface area contributed by atoms with Crippen LogP contribution in [0.1, 0.15) is 23.3 Å². The van der Waals surface area contributed by atoms with E-state index in [0.717, 1.165) is 20.8 Å². The van der Waals surface area contributed by atoms with Gasteiger partial charge in [-0.1, -0.05) is 24.3 Å². The zero-order chi connectivity index (χ0) is 19.3. The Balaban J connectivity index is 1.31. The fourth-order valence-electron chi connectivity index (χ4n) is 2.84. The van der Waals surface area contributed by atoms with Gasteiger partial charge in [0.25, 0.3) is 0 Å². The first-order chi connectivity index (χ1) is 13.7. The third-order valence-electron chi connectivity index (χ3n) is 4.35. The Labute approximate surface area is 166 Å². The van der Waals surface area contributed by atoms with Gasteiger partial charge in [-0.3, -0.25) is 4.79 Å². The van der Waals surface area contributed by atoms with E-state index in [1.807, 2.05) is 48.5 Å². The number of para-hydroxylation sites is 1. The highest BCUT2D eigenvalue weighted by Crippen LogP contribution is 2.31. The lowest BCUT2D eigenvalue weighted by Gasteiger charge is -2.04. The molecule has 6 heteroatoms. The topological polar surface area (TPSA) is 78.9 Å². The Kier molecular flexibility index (Phi) is 5.18. The van der Waals surface area contributed by atoms with Crippen LogP contribution >= 0.6 is 11.3 Å². The molecule has 0 radical (unpaired) electrons. The van der Waals surface area contributed by atoms with Gasteiger partial charge in [-0.05, 0) is 48.4 Å². The first-order valence-corrected chi connectivity index (χ1v) is 9.73. The number of carbonyl (C=O) groups excluding carboxylic acids is 1. The number of aryl methyl sites for hydroxylation is 1. The van der Waals surface area contributed by atoms with Crippen LogP contribution < -0.4 is 5.32 Å². The van der Waals surface area contributed by atoms with E-state index in [1.165, 1.54) is 0 Å². The molecule has 4 aromatic rings. The molecule has 0 aliphatic rings. The number of thiazole rings is 1. The lowest BCUT2D eigenvalue weighted by molar-refractivity contribution is -0.121. The van der Waals surface area contributed by atoms with Crippen LogP contribution in [0.4, 0.5) is 0 Å². The maximum atomic E-state index is 12.1. The highest BCUT2D eigenvalue weighted by Gasteiger charge is 2.11. The van der Waals surface area contributed by atoms with Crippen molar-refractivity contribution in [3.8, 4) is 16.8 Å². The number of hydrogen-bond donors (Lipinski definition) is 1. The molecule has 2 heterocycles. The van der Waals surface area contributed by atoms with Gasteiger partial charge in [-0.15, -0.1) is 11.3 Å². The number of aromatic nitrogens is 1. The Morgan fingerprint density at radius 2 is 1.93 bits per heavy atom. The van der Waals surface area contributed by atoms with Crippen molar-refractivity contribution < 1.29 is 9.21 Å². The summed E-state index contributed by atoms with van der Waals surface area (Å²) in [5.74, 6) is 1.37. The molecule has 4 rings (SSSR count). The van der Waals surface area contributed by atoms with Crippen molar-refractivity contribution in [3.63, 3.8) is 0 Å². The molecule has 0 unspecified atom stereocenters. The second-order valence-corrected chi connectivity index (χ2v) is 7.37. The molecule has 0 aliphatic carbocycles. The molecule has 1 N–H and O–H groups in total. The summed E-state index contributed by atoms with van der Waals surface area (Å²) >= 11 is 1.58. The molecule has 0 saturated carbocycles. The Morgan fingerprint density at radius 1 is 1.11 bits per heavy atom. The van der Waals surface area contributed by atoms with Gasteiger partial charge in [0, 0.05) is 6.42 Å². The van der Waals surface area contributed by atoms with Crippen molar-refractivity contribution in [1.29, 1.82) is 5.26 Å². The molecule has 0 saturated heterocycles. The van der Waals surface area contributed by atoms with E-state index in [-0.39, 0.29) is 5.91 Å². The van der Waals surface area contributed by atoms with Crippen LogP contribution in [-0.2, 0) is 17.8 Å². The number of fused-ring (bicyclic) bond motifs is 1. The normalized spacial score (nSPS) is 10.7. The summed E-state index contributed by atoms with van der Waals surface area (Å²) in [4.78, 5) is 16.7. The van der Waals surface area contributed by atoms with Gasteiger partial charge in [0.1, 0.15) is 5.76 Å². The molecule has 0 bridgehead atoms. The van der Waals surface area contributed by atoms with Crippen molar-refractivity contribution in [2.75, 3.05) is 0 Å². The van der Waals surface area contributed by atoms with Gasteiger partial charge in [-0.2, -0.15) is 5.26 Å². The lowest BCUT2D eigenvalue weighted by Crippen LogP contribution is -2.22. The summed E-state index contributed by atoms with van der Waals surface area (Å²) in [6.45, 7) is 0.344.